The van der Waals surface area contributed by atoms with E-state index < -0.39 is 0 Å². The second kappa shape index (κ2) is 7.82. The summed E-state index contributed by atoms with van der Waals surface area (Å²) in [4.78, 5) is 7.78. The molecule has 2 heterocycles. The minimum atomic E-state index is 0. The lowest BCUT2D eigenvalue weighted by atomic mass is 10.2. The highest BCUT2D eigenvalue weighted by molar-refractivity contribution is 7.98. The van der Waals surface area contributed by atoms with Crippen molar-refractivity contribution in [3.63, 3.8) is 0 Å². The number of nitrogens with zero attached hydrogens (tertiary/aromatic N) is 3. The molecule has 1 aromatic heterocycles. The Morgan fingerprint density at radius 1 is 1.41 bits per heavy atom. The van der Waals surface area contributed by atoms with Crippen LogP contribution in [0.2, 0.25) is 0 Å². The van der Waals surface area contributed by atoms with E-state index in [0.29, 0.717) is 11.6 Å². The van der Waals surface area contributed by atoms with Crippen molar-refractivity contribution in [2.75, 3.05) is 26.7 Å². The SMILES string of the molecule is CN1CCNCC1c1noc(CSc2ccc(O)cc2)n1.Cl. The monoisotopic (exact) mass is 342 g/mol. The van der Waals surface area contributed by atoms with E-state index in [0.717, 1.165) is 30.4 Å². The lowest BCUT2D eigenvalue weighted by molar-refractivity contribution is 0.190. The van der Waals surface area contributed by atoms with E-state index in [9.17, 15) is 5.11 Å². The topological polar surface area (TPSA) is 74.4 Å². The average molecular weight is 343 g/mol. The number of phenolic OH excluding ortho intramolecular Hbond substituents is 1. The smallest absolute Gasteiger partial charge is 0.237 e. The van der Waals surface area contributed by atoms with Gasteiger partial charge in [0, 0.05) is 24.5 Å². The summed E-state index contributed by atoms with van der Waals surface area (Å²) in [5.41, 5.74) is 0. The molecular weight excluding hydrogens is 324 g/mol. The molecule has 0 bridgehead atoms. The predicted molar refractivity (Wildman–Crippen MR) is 87.5 cm³/mol. The molecule has 2 aromatic rings. The average Bonchev–Trinajstić information content (AvgIpc) is 2.96. The van der Waals surface area contributed by atoms with Gasteiger partial charge in [0.25, 0.3) is 0 Å². The number of thioether (sulfide) groups is 1. The maximum Gasteiger partial charge on any atom is 0.237 e. The first-order chi connectivity index (χ1) is 10.2. The van der Waals surface area contributed by atoms with Crippen molar-refractivity contribution in [1.82, 2.24) is 20.4 Å². The van der Waals surface area contributed by atoms with Crippen LogP contribution in [0.5, 0.6) is 5.75 Å². The van der Waals surface area contributed by atoms with E-state index in [1.54, 1.807) is 23.9 Å². The second-order valence-electron chi connectivity index (χ2n) is 5.03. The highest BCUT2D eigenvalue weighted by atomic mass is 35.5. The molecule has 1 atom stereocenters. The maximum absolute atomic E-state index is 9.25. The van der Waals surface area contributed by atoms with E-state index in [-0.39, 0.29) is 24.2 Å². The molecular formula is C14H19ClN4O2S. The lowest BCUT2D eigenvalue weighted by Gasteiger charge is -2.30. The first-order valence-electron chi connectivity index (χ1n) is 6.87. The van der Waals surface area contributed by atoms with E-state index in [1.807, 2.05) is 12.1 Å². The van der Waals surface area contributed by atoms with Gasteiger partial charge in [0.1, 0.15) is 5.75 Å². The number of phenols is 1. The third-order valence-corrected chi connectivity index (χ3v) is 4.49. The zero-order valence-corrected chi connectivity index (χ0v) is 13.9. The number of nitrogens with one attached hydrogen (secondary N) is 1. The van der Waals surface area contributed by atoms with Gasteiger partial charge in [-0.25, -0.2) is 0 Å². The molecule has 120 valence electrons. The van der Waals surface area contributed by atoms with Crippen molar-refractivity contribution in [2.45, 2.75) is 16.7 Å². The van der Waals surface area contributed by atoms with Gasteiger partial charge in [-0.3, -0.25) is 4.90 Å². The number of hydrogen-bond acceptors (Lipinski definition) is 7. The lowest BCUT2D eigenvalue weighted by Crippen LogP contribution is -2.44. The van der Waals surface area contributed by atoms with Gasteiger partial charge in [0.05, 0.1) is 11.8 Å². The number of aromatic hydroxyl groups is 1. The summed E-state index contributed by atoms with van der Waals surface area (Å²) in [5, 5.41) is 16.7. The molecule has 8 heteroatoms. The Balaban J connectivity index is 0.00000176. The third kappa shape index (κ3) is 4.13. The summed E-state index contributed by atoms with van der Waals surface area (Å²) in [6.45, 7) is 2.83. The third-order valence-electron chi connectivity index (χ3n) is 3.49. The predicted octanol–water partition coefficient (Wildman–Crippen LogP) is 2.07. The van der Waals surface area contributed by atoms with Gasteiger partial charge in [-0.05, 0) is 31.3 Å². The van der Waals surface area contributed by atoms with Crippen molar-refractivity contribution in [3.05, 3.63) is 36.0 Å². The van der Waals surface area contributed by atoms with Gasteiger partial charge in [0.15, 0.2) is 5.82 Å². The van der Waals surface area contributed by atoms with Crippen LogP contribution in [0.25, 0.3) is 0 Å². The van der Waals surface area contributed by atoms with Crippen LogP contribution >= 0.6 is 24.2 Å². The van der Waals surface area contributed by atoms with Crippen LogP contribution in [-0.2, 0) is 5.75 Å². The number of aromatic nitrogens is 2. The molecule has 0 amide bonds. The molecule has 1 aliphatic heterocycles. The van der Waals surface area contributed by atoms with E-state index in [4.69, 9.17) is 4.52 Å². The molecule has 0 radical (unpaired) electrons. The molecule has 1 fully saturated rings. The van der Waals surface area contributed by atoms with Crippen molar-refractivity contribution in [1.29, 1.82) is 0 Å². The normalized spacial score (nSPS) is 18.9. The summed E-state index contributed by atoms with van der Waals surface area (Å²) in [5.74, 6) is 2.27. The van der Waals surface area contributed by atoms with Crippen LogP contribution in [0.4, 0.5) is 0 Å². The van der Waals surface area contributed by atoms with Crippen molar-refractivity contribution >= 4 is 24.2 Å². The van der Waals surface area contributed by atoms with Crippen LogP contribution in [0.3, 0.4) is 0 Å². The van der Waals surface area contributed by atoms with Crippen molar-refractivity contribution < 1.29 is 9.63 Å². The first kappa shape index (κ1) is 17.1. The van der Waals surface area contributed by atoms with Gasteiger partial charge >= 0.3 is 0 Å². The zero-order valence-electron chi connectivity index (χ0n) is 12.2. The van der Waals surface area contributed by atoms with Crippen LogP contribution in [0.15, 0.2) is 33.7 Å². The van der Waals surface area contributed by atoms with E-state index >= 15 is 0 Å². The van der Waals surface area contributed by atoms with Gasteiger partial charge in [-0.2, -0.15) is 4.98 Å². The Morgan fingerprint density at radius 2 is 2.18 bits per heavy atom. The number of rotatable bonds is 4. The Bertz CT molecular complexity index is 593. The van der Waals surface area contributed by atoms with Gasteiger partial charge in [0.2, 0.25) is 5.89 Å². The molecule has 22 heavy (non-hydrogen) atoms. The van der Waals surface area contributed by atoms with Crippen LogP contribution in [0, 0.1) is 0 Å². The Labute approximate surface area is 139 Å². The number of piperazine rings is 1. The molecule has 1 aliphatic rings. The van der Waals surface area contributed by atoms with Crippen molar-refractivity contribution in [2.24, 2.45) is 0 Å². The van der Waals surface area contributed by atoms with E-state index in [2.05, 4.69) is 27.4 Å². The number of halogens is 1. The van der Waals surface area contributed by atoms with Crippen LogP contribution in [0.1, 0.15) is 17.8 Å². The number of hydrogen-bond donors (Lipinski definition) is 2. The zero-order chi connectivity index (χ0) is 14.7. The first-order valence-corrected chi connectivity index (χ1v) is 7.86. The molecule has 0 aliphatic carbocycles. The summed E-state index contributed by atoms with van der Waals surface area (Å²) in [6, 6.07) is 7.26. The number of benzene rings is 1. The summed E-state index contributed by atoms with van der Waals surface area (Å²) < 4.78 is 5.33. The Kier molecular flexibility index (Phi) is 6.07. The fraction of sp³-hybridized carbons (Fsp3) is 0.429. The van der Waals surface area contributed by atoms with Crippen LogP contribution < -0.4 is 5.32 Å². The molecule has 0 saturated carbocycles. The van der Waals surface area contributed by atoms with Gasteiger partial charge < -0.3 is 14.9 Å². The highest BCUT2D eigenvalue weighted by Crippen LogP contribution is 2.25. The molecule has 2 N–H and O–H groups in total. The molecule has 1 unspecified atom stereocenters. The van der Waals surface area contributed by atoms with Gasteiger partial charge in [-0.15, -0.1) is 24.2 Å². The summed E-state index contributed by atoms with van der Waals surface area (Å²) in [7, 11) is 2.08. The molecule has 0 spiro atoms. The minimum Gasteiger partial charge on any atom is -0.508 e. The Hall–Kier alpha value is -1.28. The fourth-order valence-corrected chi connectivity index (χ4v) is 2.98. The quantitative estimate of drug-likeness (QED) is 0.824. The summed E-state index contributed by atoms with van der Waals surface area (Å²) in [6.07, 6.45) is 0. The highest BCUT2D eigenvalue weighted by Gasteiger charge is 2.25. The number of likely N-dealkylation sites (N-methyl/N-ethyl adjacent to an activating group) is 1. The Morgan fingerprint density at radius 3 is 2.91 bits per heavy atom. The fourth-order valence-electron chi connectivity index (χ4n) is 2.24. The standard InChI is InChI=1S/C14H18N4O2S.ClH/c1-18-7-6-15-8-12(18)14-16-13(20-17-14)9-21-11-4-2-10(19)3-5-11;/h2-5,12,15,19H,6-9H2,1H3;1H. The molecule has 1 aromatic carbocycles. The van der Waals surface area contributed by atoms with E-state index in [1.165, 1.54) is 0 Å². The van der Waals surface area contributed by atoms with Crippen molar-refractivity contribution in [3.8, 4) is 5.75 Å². The molecule has 1 saturated heterocycles. The molecule has 6 nitrogen and oxygen atoms in total. The second-order valence-corrected chi connectivity index (χ2v) is 6.08. The van der Waals surface area contributed by atoms with Gasteiger partial charge in [-0.1, -0.05) is 5.16 Å². The minimum absolute atomic E-state index is 0. The van der Waals surface area contributed by atoms with Crippen LogP contribution in [-0.4, -0.2) is 46.8 Å². The summed E-state index contributed by atoms with van der Waals surface area (Å²) >= 11 is 1.61. The largest absolute Gasteiger partial charge is 0.508 e. The molecule has 3 rings (SSSR count). The maximum atomic E-state index is 9.25.